The van der Waals surface area contributed by atoms with E-state index >= 15 is 0 Å². The van der Waals surface area contributed by atoms with Crippen LogP contribution in [-0.2, 0) is 0 Å². The Morgan fingerprint density at radius 3 is 2.55 bits per heavy atom. The van der Waals surface area contributed by atoms with Crippen molar-refractivity contribution >= 4 is 17.9 Å². The van der Waals surface area contributed by atoms with Crippen molar-refractivity contribution in [2.24, 2.45) is 5.41 Å². The van der Waals surface area contributed by atoms with Crippen molar-refractivity contribution in [3.63, 3.8) is 0 Å². The molecule has 0 bridgehead atoms. The second-order valence-electron chi connectivity index (χ2n) is 3.97. The van der Waals surface area contributed by atoms with Gasteiger partial charge >= 0.3 is 0 Å². The summed E-state index contributed by atoms with van der Waals surface area (Å²) in [5.74, 6) is 0. The molecule has 1 rings (SSSR count). The largest absolute Gasteiger partial charge is 0.333 e. The summed E-state index contributed by atoms with van der Waals surface area (Å²) < 4.78 is 0. The number of nitrogens with zero attached hydrogens (tertiary/aromatic N) is 1. The summed E-state index contributed by atoms with van der Waals surface area (Å²) in [6, 6.07) is 0. The summed E-state index contributed by atoms with van der Waals surface area (Å²) in [7, 11) is 0. The Morgan fingerprint density at radius 2 is 2.18 bits per heavy atom. The predicted molar refractivity (Wildman–Crippen MR) is 49.0 cm³/mol. The molecule has 1 fully saturated rings. The molecule has 64 valence electrons. The lowest BCUT2D eigenvalue weighted by Gasteiger charge is -2.37. The number of amides is 1. The zero-order valence-electron chi connectivity index (χ0n) is 7.13. The molecular formula is C8H15NOS. The highest BCUT2D eigenvalue weighted by Gasteiger charge is 2.27. The summed E-state index contributed by atoms with van der Waals surface area (Å²) in [4.78, 5) is 12.7. The molecule has 1 aliphatic rings. The van der Waals surface area contributed by atoms with E-state index in [4.69, 9.17) is 0 Å². The minimum Gasteiger partial charge on any atom is -0.333 e. The van der Waals surface area contributed by atoms with Crippen molar-refractivity contribution in [3.05, 3.63) is 0 Å². The molecule has 0 aliphatic carbocycles. The number of rotatable bonds is 0. The molecule has 0 unspecified atom stereocenters. The normalized spacial score (nSPS) is 23.4. The van der Waals surface area contributed by atoms with E-state index in [2.05, 4.69) is 26.5 Å². The number of piperidine rings is 1. The van der Waals surface area contributed by atoms with Crippen LogP contribution in [0.2, 0.25) is 0 Å². The Bertz CT molecular complexity index is 167. The zero-order chi connectivity index (χ0) is 8.48. The maximum Gasteiger partial charge on any atom is 0.278 e. The molecule has 0 spiro atoms. The Balaban J connectivity index is 2.53. The molecule has 11 heavy (non-hydrogen) atoms. The van der Waals surface area contributed by atoms with E-state index in [1.165, 1.54) is 6.42 Å². The Kier molecular flexibility index (Phi) is 2.47. The number of carbonyl (C=O) groups excluding carboxylic acids is 1. The van der Waals surface area contributed by atoms with Crippen LogP contribution in [0.15, 0.2) is 0 Å². The third-order valence-corrected chi connectivity index (χ3v) is 2.45. The Hall–Kier alpha value is -0.180. The number of thiol groups is 1. The van der Waals surface area contributed by atoms with Crippen molar-refractivity contribution in [3.8, 4) is 0 Å². The van der Waals surface area contributed by atoms with Crippen LogP contribution in [-0.4, -0.2) is 23.2 Å². The first-order valence-corrected chi connectivity index (χ1v) is 4.44. The smallest absolute Gasteiger partial charge is 0.278 e. The van der Waals surface area contributed by atoms with Gasteiger partial charge in [0.1, 0.15) is 0 Å². The molecule has 0 radical (unpaired) electrons. The summed E-state index contributed by atoms with van der Waals surface area (Å²) in [6.45, 7) is 6.12. The molecule has 0 aromatic carbocycles. The Labute approximate surface area is 73.4 Å². The number of hydrogen-bond donors (Lipinski definition) is 1. The van der Waals surface area contributed by atoms with Crippen molar-refractivity contribution in [1.29, 1.82) is 0 Å². The van der Waals surface area contributed by atoms with Gasteiger partial charge in [0.05, 0.1) is 0 Å². The van der Waals surface area contributed by atoms with E-state index < -0.39 is 0 Å². The van der Waals surface area contributed by atoms with Gasteiger partial charge in [-0.15, -0.1) is 0 Å². The van der Waals surface area contributed by atoms with Gasteiger partial charge in [0, 0.05) is 13.1 Å². The third-order valence-electron chi connectivity index (χ3n) is 2.17. The summed E-state index contributed by atoms with van der Waals surface area (Å²) in [6.07, 6.45) is 2.32. The highest BCUT2D eigenvalue weighted by Crippen LogP contribution is 2.28. The van der Waals surface area contributed by atoms with E-state index in [9.17, 15) is 4.79 Å². The van der Waals surface area contributed by atoms with Crippen molar-refractivity contribution < 1.29 is 4.79 Å². The van der Waals surface area contributed by atoms with Crippen LogP contribution in [0, 0.1) is 5.41 Å². The molecule has 1 heterocycles. The fourth-order valence-electron chi connectivity index (χ4n) is 1.59. The topological polar surface area (TPSA) is 20.3 Å². The van der Waals surface area contributed by atoms with Crippen LogP contribution >= 0.6 is 12.6 Å². The number of carbonyl (C=O) groups is 1. The third kappa shape index (κ3) is 2.40. The van der Waals surface area contributed by atoms with Gasteiger partial charge in [0.15, 0.2) is 0 Å². The summed E-state index contributed by atoms with van der Waals surface area (Å²) in [5.41, 5.74) is 0.288. The SMILES string of the molecule is CC1(C)CCCN(C(=O)S)C1. The summed E-state index contributed by atoms with van der Waals surface area (Å²) in [5, 5.41) is -0.0854. The molecule has 0 aromatic heterocycles. The minimum absolute atomic E-state index is 0.0854. The van der Waals surface area contributed by atoms with Crippen LogP contribution in [0.1, 0.15) is 26.7 Å². The van der Waals surface area contributed by atoms with E-state index in [1.54, 1.807) is 0 Å². The molecule has 0 N–H and O–H groups in total. The van der Waals surface area contributed by atoms with Crippen LogP contribution in [0.3, 0.4) is 0 Å². The van der Waals surface area contributed by atoms with E-state index in [1.807, 2.05) is 4.90 Å². The van der Waals surface area contributed by atoms with Gasteiger partial charge in [-0.1, -0.05) is 26.5 Å². The molecule has 2 nitrogen and oxygen atoms in total. The molecule has 0 aromatic rings. The van der Waals surface area contributed by atoms with Crippen LogP contribution in [0.25, 0.3) is 0 Å². The summed E-state index contributed by atoms with van der Waals surface area (Å²) >= 11 is 3.81. The molecule has 0 atom stereocenters. The van der Waals surface area contributed by atoms with Gasteiger partial charge in [-0.2, -0.15) is 0 Å². The minimum atomic E-state index is -0.0854. The monoisotopic (exact) mass is 173 g/mol. The molecular weight excluding hydrogens is 158 g/mol. The van der Waals surface area contributed by atoms with Crippen LogP contribution < -0.4 is 0 Å². The van der Waals surface area contributed by atoms with E-state index in [0.29, 0.717) is 0 Å². The van der Waals surface area contributed by atoms with Gasteiger partial charge in [0.2, 0.25) is 0 Å². The lowest BCUT2D eigenvalue weighted by Crippen LogP contribution is -2.41. The first kappa shape index (κ1) is 8.91. The fraction of sp³-hybridized carbons (Fsp3) is 0.875. The second kappa shape index (κ2) is 3.05. The van der Waals surface area contributed by atoms with Crippen molar-refractivity contribution in [2.45, 2.75) is 26.7 Å². The standard InChI is InChI=1S/C8H15NOS/c1-8(2)4-3-5-9(6-8)7(10)11/h3-6H2,1-2H3,(H,10,11). The van der Waals surface area contributed by atoms with Gasteiger partial charge in [-0.3, -0.25) is 4.79 Å². The van der Waals surface area contributed by atoms with Gasteiger partial charge < -0.3 is 4.90 Å². The lowest BCUT2D eigenvalue weighted by molar-refractivity contribution is 0.145. The first-order chi connectivity index (χ1) is 5.01. The molecule has 3 heteroatoms. The number of hydrogen-bond acceptors (Lipinski definition) is 1. The molecule has 1 amide bonds. The van der Waals surface area contributed by atoms with Crippen LogP contribution in [0.5, 0.6) is 0 Å². The number of likely N-dealkylation sites (tertiary alicyclic amines) is 1. The van der Waals surface area contributed by atoms with E-state index in [0.717, 1.165) is 19.5 Å². The maximum atomic E-state index is 10.9. The average Bonchev–Trinajstić information content (AvgIpc) is 1.85. The molecule has 1 saturated heterocycles. The highest BCUT2D eigenvalue weighted by atomic mass is 32.1. The van der Waals surface area contributed by atoms with Crippen molar-refractivity contribution in [2.75, 3.05) is 13.1 Å². The first-order valence-electron chi connectivity index (χ1n) is 3.99. The second-order valence-corrected chi connectivity index (χ2v) is 4.35. The predicted octanol–water partition coefficient (Wildman–Crippen LogP) is 2.16. The maximum absolute atomic E-state index is 10.9. The van der Waals surface area contributed by atoms with Gasteiger partial charge in [-0.05, 0) is 18.3 Å². The van der Waals surface area contributed by atoms with Crippen molar-refractivity contribution in [1.82, 2.24) is 4.90 Å². The Morgan fingerprint density at radius 1 is 1.55 bits per heavy atom. The quantitative estimate of drug-likeness (QED) is 0.557. The highest BCUT2D eigenvalue weighted by molar-refractivity contribution is 7.96. The average molecular weight is 173 g/mol. The molecule has 1 aliphatic heterocycles. The zero-order valence-corrected chi connectivity index (χ0v) is 8.03. The van der Waals surface area contributed by atoms with Gasteiger partial charge in [0.25, 0.3) is 5.24 Å². The fourth-order valence-corrected chi connectivity index (χ4v) is 1.76. The molecule has 0 saturated carbocycles. The lowest BCUT2D eigenvalue weighted by atomic mass is 9.84. The van der Waals surface area contributed by atoms with Crippen LogP contribution in [0.4, 0.5) is 4.79 Å². The van der Waals surface area contributed by atoms with E-state index in [-0.39, 0.29) is 10.7 Å². The van der Waals surface area contributed by atoms with Gasteiger partial charge in [-0.25, -0.2) is 0 Å².